The average Bonchev–Trinajstić information content (AvgIpc) is 2.47. The van der Waals surface area contributed by atoms with Crippen molar-refractivity contribution in [2.24, 2.45) is 0 Å². The number of fused-ring (bicyclic) bond motifs is 1. The molecule has 2 heterocycles. The Hall–Kier alpha value is -2.95. The molecule has 21 heavy (non-hydrogen) atoms. The number of pyridine rings is 2. The van der Waals surface area contributed by atoms with Crippen LogP contribution in [0.15, 0.2) is 53.5 Å². The third kappa shape index (κ3) is 2.67. The minimum absolute atomic E-state index is 0.307. The Morgan fingerprint density at radius 3 is 2.81 bits per heavy atom. The molecule has 3 rings (SSSR count). The molecule has 1 amide bonds. The molecule has 2 aromatic heterocycles. The summed E-state index contributed by atoms with van der Waals surface area (Å²) in [5, 5.41) is 3.70. The fraction of sp³-hybridized carbons (Fsp3) is 0.0625. The molecular weight excluding hydrogens is 266 g/mol. The van der Waals surface area contributed by atoms with Crippen LogP contribution in [0, 0.1) is 6.92 Å². The van der Waals surface area contributed by atoms with E-state index >= 15 is 0 Å². The molecule has 1 aromatic carbocycles. The van der Waals surface area contributed by atoms with E-state index in [4.69, 9.17) is 0 Å². The number of aromatic nitrogens is 2. The van der Waals surface area contributed by atoms with E-state index in [-0.39, 0.29) is 11.5 Å². The van der Waals surface area contributed by atoms with Crippen molar-refractivity contribution in [2.75, 3.05) is 5.32 Å². The maximum atomic E-state index is 12.2. The van der Waals surface area contributed by atoms with Crippen molar-refractivity contribution in [1.29, 1.82) is 0 Å². The number of nitrogens with one attached hydrogen (secondary N) is 2. The van der Waals surface area contributed by atoms with Gasteiger partial charge < -0.3 is 10.3 Å². The number of anilines is 1. The zero-order valence-corrected chi connectivity index (χ0v) is 11.4. The summed E-state index contributed by atoms with van der Waals surface area (Å²) in [5.41, 5.74) is 2.33. The Morgan fingerprint density at radius 2 is 2.00 bits per heavy atom. The second kappa shape index (κ2) is 5.20. The van der Waals surface area contributed by atoms with E-state index in [0.29, 0.717) is 11.3 Å². The summed E-state index contributed by atoms with van der Waals surface area (Å²) in [7, 11) is 0. The molecular formula is C16H13N3O2. The molecule has 0 saturated carbocycles. The van der Waals surface area contributed by atoms with Crippen LogP contribution in [0.5, 0.6) is 0 Å². The average molecular weight is 279 g/mol. The number of amides is 1. The first-order chi connectivity index (χ1) is 10.1. The summed E-state index contributed by atoms with van der Waals surface area (Å²) >= 11 is 0. The molecule has 0 aliphatic carbocycles. The number of hydrogen-bond acceptors (Lipinski definition) is 3. The molecule has 3 aromatic rings. The lowest BCUT2D eigenvalue weighted by atomic mass is 10.1. The van der Waals surface area contributed by atoms with E-state index in [0.717, 1.165) is 16.6 Å². The molecule has 2 N–H and O–H groups in total. The van der Waals surface area contributed by atoms with E-state index in [1.54, 1.807) is 6.07 Å². The minimum atomic E-state index is -0.322. The van der Waals surface area contributed by atoms with Crippen LogP contribution in [0.25, 0.3) is 10.9 Å². The Bertz CT molecular complexity index is 884. The number of benzene rings is 1. The zero-order valence-electron chi connectivity index (χ0n) is 11.4. The number of aryl methyl sites for hydroxylation is 1. The van der Waals surface area contributed by atoms with Crippen molar-refractivity contribution >= 4 is 22.5 Å². The van der Waals surface area contributed by atoms with Crippen LogP contribution >= 0.6 is 0 Å². The third-order valence-corrected chi connectivity index (χ3v) is 3.13. The predicted octanol–water partition coefficient (Wildman–Crippen LogP) is 2.48. The Balaban J connectivity index is 2.02. The number of carbonyl (C=O) groups is 1. The summed E-state index contributed by atoms with van der Waals surface area (Å²) in [5.74, 6) is -0.322. The van der Waals surface area contributed by atoms with Gasteiger partial charge in [0.2, 0.25) is 5.56 Å². The molecule has 5 heteroatoms. The first-order valence-electron chi connectivity index (χ1n) is 6.50. The van der Waals surface area contributed by atoms with Crippen LogP contribution in [0.2, 0.25) is 0 Å². The number of nitrogens with zero attached hydrogens (tertiary/aromatic N) is 1. The molecule has 5 nitrogen and oxygen atoms in total. The second-order valence-corrected chi connectivity index (χ2v) is 4.72. The quantitative estimate of drug-likeness (QED) is 0.756. The van der Waals surface area contributed by atoms with Gasteiger partial charge in [0.1, 0.15) is 0 Å². The normalized spacial score (nSPS) is 10.5. The van der Waals surface area contributed by atoms with Crippen LogP contribution in [0.3, 0.4) is 0 Å². The molecule has 0 aliphatic rings. The summed E-state index contributed by atoms with van der Waals surface area (Å²) in [4.78, 5) is 30.4. The topological polar surface area (TPSA) is 74.8 Å². The van der Waals surface area contributed by atoms with E-state index in [1.165, 1.54) is 12.3 Å². The van der Waals surface area contributed by atoms with Crippen molar-refractivity contribution in [3.05, 3.63) is 70.3 Å². The summed E-state index contributed by atoms with van der Waals surface area (Å²) < 4.78 is 0. The largest absolute Gasteiger partial charge is 0.329 e. The van der Waals surface area contributed by atoms with Gasteiger partial charge in [0, 0.05) is 28.9 Å². The number of rotatable bonds is 2. The fourth-order valence-electron chi connectivity index (χ4n) is 2.19. The maximum absolute atomic E-state index is 12.2. The molecule has 0 aliphatic heterocycles. The summed E-state index contributed by atoms with van der Waals surface area (Å²) in [6.07, 6.45) is 1.45. The molecule has 0 unspecified atom stereocenters. The van der Waals surface area contributed by atoms with Crippen molar-refractivity contribution in [3.8, 4) is 0 Å². The van der Waals surface area contributed by atoms with Gasteiger partial charge in [0.15, 0.2) is 0 Å². The molecule has 0 spiro atoms. The van der Waals surface area contributed by atoms with Crippen molar-refractivity contribution in [1.82, 2.24) is 9.97 Å². The number of carbonyl (C=O) groups excluding carboxylic acids is 1. The molecule has 0 radical (unpaired) electrons. The summed E-state index contributed by atoms with van der Waals surface area (Å²) in [6, 6.07) is 12.2. The molecule has 0 bridgehead atoms. The van der Waals surface area contributed by atoms with Crippen LogP contribution in [-0.4, -0.2) is 15.9 Å². The van der Waals surface area contributed by atoms with Gasteiger partial charge in [-0.3, -0.25) is 14.6 Å². The molecule has 0 saturated heterocycles. The predicted molar refractivity (Wildman–Crippen MR) is 81.5 cm³/mol. The highest BCUT2D eigenvalue weighted by Gasteiger charge is 2.10. The summed E-state index contributed by atoms with van der Waals surface area (Å²) in [6.45, 7) is 1.87. The molecule has 104 valence electrons. The lowest BCUT2D eigenvalue weighted by molar-refractivity contribution is 0.102. The Labute approximate surface area is 120 Å². The van der Waals surface area contributed by atoms with Gasteiger partial charge in [-0.05, 0) is 25.1 Å². The molecule has 0 atom stereocenters. The van der Waals surface area contributed by atoms with E-state index < -0.39 is 0 Å². The Kier molecular flexibility index (Phi) is 3.23. The fourth-order valence-corrected chi connectivity index (χ4v) is 2.19. The lowest BCUT2D eigenvalue weighted by Gasteiger charge is -2.09. The van der Waals surface area contributed by atoms with Gasteiger partial charge in [0.25, 0.3) is 5.91 Å². The number of aromatic amines is 1. The minimum Gasteiger partial charge on any atom is -0.329 e. The standard InChI is InChI=1S/C16H13N3O2/c1-10-8-14(12-4-2-3-5-13(12)18-10)19-16(21)11-6-7-17-15(20)9-11/h2-9H,1H3,(H,17,20)(H,18,19,21). The SMILES string of the molecule is Cc1cc(NC(=O)c2cc[nH]c(=O)c2)c2ccccc2n1. The monoisotopic (exact) mass is 279 g/mol. The lowest BCUT2D eigenvalue weighted by Crippen LogP contribution is -2.16. The van der Waals surface area contributed by atoms with Gasteiger partial charge in [-0.1, -0.05) is 18.2 Å². The number of para-hydroxylation sites is 1. The zero-order chi connectivity index (χ0) is 14.8. The number of hydrogen-bond donors (Lipinski definition) is 2. The van der Waals surface area contributed by atoms with Crippen LogP contribution in [-0.2, 0) is 0 Å². The highest BCUT2D eigenvalue weighted by molar-refractivity contribution is 6.08. The van der Waals surface area contributed by atoms with Gasteiger partial charge in [-0.2, -0.15) is 0 Å². The van der Waals surface area contributed by atoms with Gasteiger partial charge in [-0.25, -0.2) is 0 Å². The van der Waals surface area contributed by atoms with E-state index in [1.807, 2.05) is 37.3 Å². The maximum Gasteiger partial charge on any atom is 0.255 e. The smallest absolute Gasteiger partial charge is 0.255 e. The van der Waals surface area contributed by atoms with Gasteiger partial charge >= 0.3 is 0 Å². The third-order valence-electron chi connectivity index (χ3n) is 3.13. The Morgan fingerprint density at radius 1 is 1.19 bits per heavy atom. The van der Waals surface area contributed by atoms with Crippen molar-refractivity contribution in [3.63, 3.8) is 0 Å². The number of H-pyrrole nitrogens is 1. The second-order valence-electron chi connectivity index (χ2n) is 4.72. The van der Waals surface area contributed by atoms with E-state index in [2.05, 4.69) is 15.3 Å². The van der Waals surface area contributed by atoms with Crippen LogP contribution in [0.1, 0.15) is 16.1 Å². The first kappa shape index (κ1) is 13.1. The van der Waals surface area contributed by atoms with Crippen molar-refractivity contribution < 1.29 is 4.79 Å². The van der Waals surface area contributed by atoms with E-state index in [9.17, 15) is 9.59 Å². The highest BCUT2D eigenvalue weighted by Crippen LogP contribution is 2.23. The van der Waals surface area contributed by atoms with Crippen LogP contribution in [0.4, 0.5) is 5.69 Å². The van der Waals surface area contributed by atoms with Crippen LogP contribution < -0.4 is 10.9 Å². The first-order valence-corrected chi connectivity index (χ1v) is 6.50. The van der Waals surface area contributed by atoms with Gasteiger partial charge in [-0.15, -0.1) is 0 Å². The van der Waals surface area contributed by atoms with Crippen molar-refractivity contribution in [2.45, 2.75) is 6.92 Å². The highest BCUT2D eigenvalue weighted by atomic mass is 16.2. The van der Waals surface area contributed by atoms with Gasteiger partial charge in [0.05, 0.1) is 11.2 Å². The molecule has 0 fully saturated rings.